The van der Waals surface area contributed by atoms with Gasteiger partial charge in [0.2, 0.25) is 0 Å². The number of halogens is 3. The number of azo groups is 1. The number of hydrogen-bond acceptors (Lipinski definition) is 7. The van der Waals surface area contributed by atoms with Crippen molar-refractivity contribution in [2.24, 2.45) is 10.2 Å². The third-order valence-electron chi connectivity index (χ3n) is 4.79. The molecule has 2 aromatic carbocycles. The smallest absolute Gasteiger partial charge is 0.372 e. The highest BCUT2D eigenvalue weighted by Gasteiger charge is 2.46. The van der Waals surface area contributed by atoms with Gasteiger partial charge in [-0.25, -0.2) is 9.97 Å². The second-order valence-corrected chi connectivity index (χ2v) is 8.86. The van der Waals surface area contributed by atoms with Crippen molar-refractivity contribution in [3.8, 4) is 11.4 Å². The minimum atomic E-state index is -5.66. The largest absolute Gasteiger partial charge is 0.516 e. The minimum absolute atomic E-state index is 0.0961. The fourth-order valence-electron chi connectivity index (χ4n) is 3.11. The number of anilines is 2. The van der Waals surface area contributed by atoms with Crippen LogP contribution < -0.4 is 9.62 Å². The highest BCUT2D eigenvalue weighted by Crippen LogP contribution is 2.35. The van der Waals surface area contributed by atoms with E-state index in [4.69, 9.17) is 0 Å². The van der Waals surface area contributed by atoms with Crippen molar-refractivity contribution in [2.45, 2.75) is 26.3 Å². The molecule has 0 aliphatic carbocycles. The molecule has 34 heavy (non-hydrogen) atoms. The Balaban J connectivity index is 2.03. The second kappa shape index (κ2) is 10.2. The lowest BCUT2D eigenvalue weighted by molar-refractivity contribution is -0.0429. The Bertz CT molecular complexity index is 1280. The number of rotatable bonds is 8. The Kier molecular flexibility index (Phi) is 7.50. The molecule has 1 N–H and O–H groups in total. The van der Waals surface area contributed by atoms with Crippen LogP contribution in [0.25, 0.3) is 11.4 Å². The Morgan fingerprint density at radius 2 is 1.65 bits per heavy atom. The summed E-state index contributed by atoms with van der Waals surface area (Å²) in [4.78, 5) is 10.6. The first-order valence-electron chi connectivity index (χ1n) is 10.3. The van der Waals surface area contributed by atoms with Crippen molar-refractivity contribution in [2.75, 3.05) is 22.7 Å². The molecule has 1 heterocycles. The van der Waals surface area contributed by atoms with Crippen molar-refractivity contribution in [1.29, 1.82) is 0 Å². The predicted octanol–water partition coefficient (Wildman–Crippen LogP) is 5.98. The van der Waals surface area contributed by atoms with Crippen LogP contribution in [0, 0.1) is 6.92 Å². The van der Waals surface area contributed by atoms with Crippen LogP contribution in [0.1, 0.15) is 19.5 Å². The predicted molar refractivity (Wildman–Crippen MR) is 125 cm³/mol. The van der Waals surface area contributed by atoms with E-state index in [0.29, 0.717) is 30.3 Å². The van der Waals surface area contributed by atoms with Crippen LogP contribution >= 0.6 is 0 Å². The Hall–Kier alpha value is -3.54. The summed E-state index contributed by atoms with van der Waals surface area (Å²) in [6.07, 6.45) is 0. The van der Waals surface area contributed by atoms with Crippen LogP contribution in [0.5, 0.6) is 0 Å². The Morgan fingerprint density at radius 3 is 2.26 bits per heavy atom. The molecule has 180 valence electrons. The lowest BCUT2D eigenvalue weighted by atomic mass is 10.2. The van der Waals surface area contributed by atoms with E-state index in [2.05, 4.69) is 20.2 Å². The number of nitrogens with zero attached hydrogens (tertiary/aromatic N) is 5. The van der Waals surface area contributed by atoms with Crippen LogP contribution in [-0.2, 0) is 10.0 Å². The summed E-state index contributed by atoms with van der Waals surface area (Å²) in [5.41, 5.74) is -4.03. The zero-order valence-electron chi connectivity index (χ0n) is 18.7. The van der Waals surface area contributed by atoms with Gasteiger partial charge in [0, 0.05) is 36.1 Å². The molecule has 0 saturated carbocycles. The number of aromatic nitrogens is 2. The molecule has 0 fully saturated rings. The van der Waals surface area contributed by atoms with Gasteiger partial charge in [-0.1, -0.05) is 30.3 Å². The van der Waals surface area contributed by atoms with Crippen LogP contribution in [-0.4, -0.2) is 37.0 Å². The molecule has 0 atom stereocenters. The number of hydrogen-bond donors (Lipinski definition) is 1. The molecule has 0 aliphatic heterocycles. The van der Waals surface area contributed by atoms with E-state index in [1.165, 1.54) is 12.1 Å². The van der Waals surface area contributed by atoms with Gasteiger partial charge in [-0.2, -0.15) is 21.6 Å². The number of nitrogens with one attached hydrogen (secondary N) is 1. The third-order valence-corrected chi connectivity index (χ3v) is 5.89. The van der Waals surface area contributed by atoms with Gasteiger partial charge in [-0.05, 0) is 39.0 Å². The molecule has 0 amide bonds. The molecule has 0 unspecified atom stereocenters. The zero-order valence-corrected chi connectivity index (χ0v) is 19.5. The van der Waals surface area contributed by atoms with Gasteiger partial charge in [0.15, 0.2) is 11.6 Å². The standard InChI is InChI=1S/C22H23F3N6O2S/c1-4-31(5-2)17-11-12-18(19(14-17)30-34(32,33)22(23,24)25)28-29-20-13-15(3)26-21(27-20)16-9-7-6-8-10-16/h6-14,30H,4-5H2,1-3H3. The van der Waals surface area contributed by atoms with E-state index >= 15 is 0 Å². The first-order valence-corrected chi connectivity index (χ1v) is 11.8. The van der Waals surface area contributed by atoms with Gasteiger partial charge < -0.3 is 4.90 Å². The summed E-state index contributed by atoms with van der Waals surface area (Å²) in [5.74, 6) is 0.577. The van der Waals surface area contributed by atoms with E-state index in [1.54, 1.807) is 23.8 Å². The molecule has 12 heteroatoms. The normalized spacial score (nSPS) is 12.2. The quantitative estimate of drug-likeness (QED) is 0.390. The fraction of sp³-hybridized carbons (Fsp3) is 0.273. The maximum atomic E-state index is 13.0. The molecule has 0 radical (unpaired) electrons. The molecule has 0 aliphatic rings. The Morgan fingerprint density at radius 1 is 0.971 bits per heavy atom. The first-order chi connectivity index (χ1) is 16.0. The van der Waals surface area contributed by atoms with Gasteiger partial charge in [0.1, 0.15) is 5.69 Å². The third kappa shape index (κ3) is 5.87. The van der Waals surface area contributed by atoms with Crippen molar-refractivity contribution < 1.29 is 21.6 Å². The van der Waals surface area contributed by atoms with E-state index in [9.17, 15) is 21.6 Å². The van der Waals surface area contributed by atoms with Gasteiger partial charge in [-0.15, -0.1) is 10.2 Å². The van der Waals surface area contributed by atoms with Crippen molar-refractivity contribution in [3.05, 3.63) is 60.3 Å². The molecule has 1 aromatic heterocycles. The van der Waals surface area contributed by atoms with Crippen LogP contribution in [0.4, 0.5) is 36.1 Å². The number of aryl methyl sites for hydroxylation is 1. The fourth-order valence-corrected chi connectivity index (χ4v) is 3.67. The average molecular weight is 493 g/mol. The topological polar surface area (TPSA) is 99.9 Å². The lowest BCUT2D eigenvalue weighted by Gasteiger charge is -2.22. The van der Waals surface area contributed by atoms with E-state index in [0.717, 1.165) is 5.56 Å². The summed E-state index contributed by atoms with van der Waals surface area (Å²) >= 11 is 0. The number of benzene rings is 2. The number of alkyl halides is 3. The zero-order chi connectivity index (χ0) is 24.9. The van der Waals surface area contributed by atoms with E-state index < -0.39 is 15.5 Å². The second-order valence-electron chi connectivity index (χ2n) is 7.18. The maximum Gasteiger partial charge on any atom is 0.516 e. The molecule has 0 bridgehead atoms. The van der Waals surface area contributed by atoms with E-state index in [1.807, 2.05) is 49.1 Å². The van der Waals surface area contributed by atoms with Crippen LogP contribution in [0.3, 0.4) is 0 Å². The molecule has 0 saturated heterocycles. The van der Waals surface area contributed by atoms with E-state index in [-0.39, 0.29) is 17.2 Å². The van der Waals surface area contributed by atoms with Crippen molar-refractivity contribution in [3.63, 3.8) is 0 Å². The summed E-state index contributed by atoms with van der Waals surface area (Å²) in [6, 6.07) is 15.1. The van der Waals surface area contributed by atoms with Crippen molar-refractivity contribution in [1.82, 2.24) is 9.97 Å². The molecule has 3 aromatic rings. The lowest BCUT2D eigenvalue weighted by Crippen LogP contribution is -2.30. The highest BCUT2D eigenvalue weighted by molar-refractivity contribution is 7.93. The summed E-state index contributed by atoms with van der Waals surface area (Å²) in [6.45, 7) is 6.64. The van der Waals surface area contributed by atoms with Crippen LogP contribution in [0.2, 0.25) is 0 Å². The summed E-state index contributed by atoms with van der Waals surface area (Å²) in [5, 5.41) is 8.03. The average Bonchev–Trinajstić information content (AvgIpc) is 2.78. The number of sulfonamides is 1. The molecule has 3 rings (SSSR count). The summed E-state index contributed by atoms with van der Waals surface area (Å²) < 4.78 is 64.2. The van der Waals surface area contributed by atoms with Gasteiger partial charge in [0.05, 0.1) is 5.69 Å². The monoisotopic (exact) mass is 492 g/mol. The Labute approximate surface area is 195 Å². The minimum Gasteiger partial charge on any atom is -0.372 e. The van der Waals surface area contributed by atoms with Gasteiger partial charge >= 0.3 is 15.5 Å². The highest BCUT2D eigenvalue weighted by atomic mass is 32.2. The first kappa shape index (κ1) is 25.1. The molecule has 0 spiro atoms. The maximum absolute atomic E-state index is 13.0. The molecular formula is C22H23F3N6O2S. The van der Waals surface area contributed by atoms with Gasteiger partial charge in [0.25, 0.3) is 0 Å². The van der Waals surface area contributed by atoms with Crippen LogP contribution in [0.15, 0.2) is 64.8 Å². The van der Waals surface area contributed by atoms with Crippen molar-refractivity contribution >= 4 is 32.9 Å². The molecule has 8 nitrogen and oxygen atoms in total. The SMILES string of the molecule is CCN(CC)c1ccc(N=Nc2cc(C)nc(-c3ccccc3)n2)c(NS(=O)(=O)C(F)(F)F)c1. The molecular weight excluding hydrogens is 469 g/mol. The van der Waals surface area contributed by atoms with Gasteiger partial charge in [-0.3, -0.25) is 4.72 Å². The summed E-state index contributed by atoms with van der Waals surface area (Å²) in [7, 11) is -5.66.